The molecule has 1 heterocycles. The number of amides is 1. The van der Waals surface area contributed by atoms with E-state index in [4.69, 9.17) is 5.73 Å². The number of ether oxygens (including phenoxy) is 2. The van der Waals surface area contributed by atoms with E-state index in [1.165, 1.54) is 14.2 Å². The number of rotatable bonds is 6. The fourth-order valence-corrected chi connectivity index (χ4v) is 2.84. The van der Waals surface area contributed by atoms with E-state index in [0.717, 1.165) is 11.6 Å². The number of esters is 2. The predicted molar refractivity (Wildman–Crippen MR) is 111 cm³/mol. The van der Waals surface area contributed by atoms with E-state index < -0.39 is 17.8 Å². The van der Waals surface area contributed by atoms with E-state index in [-0.39, 0.29) is 5.70 Å². The Morgan fingerprint density at radius 1 is 1.00 bits per heavy atom. The molecular formula is C22H19N3O5. The highest BCUT2D eigenvalue weighted by Gasteiger charge is 2.14. The first kappa shape index (κ1) is 20.5. The molecule has 0 aliphatic rings. The summed E-state index contributed by atoms with van der Waals surface area (Å²) in [5.74, 6) is -1.95. The lowest BCUT2D eigenvalue weighted by atomic mass is 10.0. The third-order valence-electron chi connectivity index (χ3n) is 4.31. The molecule has 30 heavy (non-hydrogen) atoms. The van der Waals surface area contributed by atoms with Gasteiger partial charge in [0.25, 0.3) is 0 Å². The maximum Gasteiger partial charge on any atom is 0.354 e. The van der Waals surface area contributed by atoms with Crippen LogP contribution in [0.2, 0.25) is 0 Å². The second kappa shape index (κ2) is 8.87. The standard InChI is InChI=1S/C22H19N3O5/c1-29-20(26)12-19(22(28)30-2)24-14-9-7-13(8-10-14)18-11-16(21(23)27)15-5-3-4-6-17(15)25-18/h3-12,24H,1-2H3,(H2,23,27)/b19-12+. The number of aromatic nitrogens is 1. The third-order valence-corrected chi connectivity index (χ3v) is 4.31. The molecule has 1 amide bonds. The fraction of sp³-hybridized carbons (Fsp3) is 0.0909. The Kier molecular flexibility index (Phi) is 6.07. The van der Waals surface area contributed by atoms with E-state index in [0.29, 0.717) is 27.8 Å². The first-order valence-corrected chi connectivity index (χ1v) is 8.88. The second-order valence-corrected chi connectivity index (χ2v) is 6.21. The molecule has 1 aromatic heterocycles. The van der Waals surface area contributed by atoms with Gasteiger partial charge in [0.15, 0.2) is 0 Å². The summed E-state index contributed by atoms with van der Waals surface area (Å²) < 4.78 is 9.21. The van der Waals surface area contributed by atoms with Crippen molar-refractivity contribution in [2.24, 2.45) is 5.73 Å². The summed E-state index contributed by atoms with van der Waals surface area (Å²) in [4.78, 5) is 39.8. The highest BCUT2D eigenvalue weighted by atomic mass is 16.5. The van der Waals surface area contributed by atoms with Crippen LogP contribution >= 0.6 is 0 Å². The van der Waals surface area contributed by atoms with Crippen molar-refractivity contribution in [3.05, 3.63) is 71.9 Å². The molecule has 8 heteroatoms. The summed E-state index contributed by atoms with van der Waals surface area (Å²) in [6.45, 7) is 0. The van der Waals surface area contributed by atoms with Gasteiger partial charge in [-0.2, -0.15) is 0 Å². The molecular weight excluding hydrogens is 386 g/mol. The minimum atomic E-state index is -0.716. The molecule has 0 spiro atoms. The van der Waals surface area contributed by atoms with Gasteiger partial charge in [0.2, 0.25) is 5.91 Å². The monoisotopic (exact) mass is 405 g/mol. The van der Waals surface area contributed by atoms with Crippen molar-refractivity contribution in [2.75, 3.05) is 19.5 Å². The van der Waals surface area contributed by atoms with Crippen LogP contribution in [0.15, 0.2) is 66.4 Å². The molecule has 8 nitrogen and oxygen atoms in total. The number of nitrogens with two attached hydrogens (primary N) is 1. The van der Waals surface area contributed by atoms with Crippen LogP contribution < -0.4 is 11.1 Å². The number of nitrogens with zero attached hydrogens (tertiary/aromatic N) is 1. The van der Waals surface area contributed by atoms with Crippen molar-refractivity contribution in [3.8, 4) is 11.3 Å². The maximum atomic E-state index is 11.9. The minimum Gasteiger partial charge on any atom is -0.466 e. The Labute approximate surface area is 172 Å². The minimum absolute atomic E-state index is 0.0723. The van der Waals surface area contributed by atoms with E-state index >= 15 is 0 Å². The Morgan fingerprint density at radius 2 is 1.70 bits per heavy atom. The third kappa shape index (κ3) is 4.44. The molecule has 0 unspecified atom stereocenters. The van der Waals surface area contributed by atoms with Gasteiger partial charge in [-0.25, -0.2) is 14.6 Å². The molecule has 0 saturated heterocycles. The predicted octanol–water partition coefficient (Wildman–Crippen LogP) is 2.64. The van der Waals surface area contributed by atoms with Crippen LogP contribution in [0, 0.1) is 0 Å². The normalized spacial score (nSPS) is 11.1. The van der Waals surface area contributed by atoms with Gasteiger partial charge in [0, 0.05) is 16.6 Å². The average molecular weight is 405 g/mol. The van der Waals surface area contributed by atoms with Crippen LogP contribution in [0.4, 0.5) is 5.69 Å². The van der Waals surface area contributed by atoms with Crippen molar-refractivity contribution in [1.82, 2.24) is 4.98 Å². The molecule has 0 fully saturated rings. The number of hydrogen-bond acceptors (Lipinski definition) is 7. The molecule has 3 aromatic rings. The molecule has 3 N–H and O–H groups in total. The van der Waals surface area contributed by atoms with E-state index in [1.807, 2.05) is 12.1 Å². The molecule has 0 atom stereocenters. The number of primary amides is 1. The smallest absolute Gasteiger partial charge is 0.354 e. The summed E-state index contributed by atoms with van der Waals surface area (Å²) in [5, 5.41) is 3.51. The number of pyridine rings is 1. The SMILES string of the molecule is COC(=O)/C=C(/Nc1ccc(-c2cc(C(N)=O)c3ccccc3n2)cc1)C(=O)OC. The van der Waals surface area contributed by atoms with Crippen LogP contribution in [-0.4, -0.2) is 37.0 Å². The van der Waals surface area contributed by atoms with Crippen molar-refractivity contribution < 1.29 is 23.9 Å². The van der Waals surface area contributed by atoms with Crippen molar-refractivity contribution in [2.45, 2.75) is 0 Å². The van der Waals surface area contributed by atoms with Crippen molar-refractivity contribution in [3.63, 3.8) is 0 Å². The van der Waals surface area contributed by atoms with Gasteiger partial charge in [-0.05, 0) is 24.3 Å². The van der Waals surface area contributed by atoms with Gasteiger partial charge < -0.3 is 20.5 Å². The Bertz CT molecular complexity index is 1150. The zero-order valence-electron chi connectivity index (χ0n) is 16.3. The van der Waals surface area contributed by atoms with Gasteiger partial charge in [-0.15, -0.1) is 0 Å². The van der Waals surface area contributed by atoms with Crippen molar-refractivity contribution >= 4 is 34.4 Å². The van der Waals surface area contributed by atoms with E-state index in [2.05, 4.69) is 19.8 Å². The highest BCUT2D eigenvalue weighted by molar-refractivity contribution is 6.06. The largest absolute Gasteiger partial charge is 0.466 e. The number of anilines is 1. The maximum absolute atomic E-state index is 11.9. The molecule has 152 valence electrons. The number of nitrogens with one attached hydrogen (secondary N) is 1. The van der Waals surface area contributed by atoms with Crippen LogP contribution in [0.3, 0.4) is 0 Å². The quantitative estimate of drug-likeness (QED) is 0.478. The fourth-order valence-electron chi connectivity index (χ4n) is 2.84. The molecule has 0 radical (unpaired) electrons. The van der Waals surface area contributed by atoms with Gasteiger partial charge in [-0.1, -0.05) is 30.3 Å². The Balaban J connectivity index is 1.94. The molecule has 0 bridgehead atoms. The van der Waals surface area contributed by atoms with Gasteiger partial charge in [-0.3, -0.25) is 4.79 Å². The number of methoxy groups -OCH3 is 2. The van der Waals surface area contributed by atoms with E-state index in [1.54, 1.807) is 42.5 Å². The lowest BCUT2D eigenvalue weighted by molar-refractivity contribution is -0.138. The number of carbonyl (C=O) groups is 3. The summed E-state index contributed by atoms with van der Waals surface area (Å²) >= 11 is 0. The molecule has 3 rings (SSSR count). The number of hydrogen-bond donors (Lipinski definition) is 2. The molecule has 0 saturated carbocycles. The number of fused-ring (bicyclic) bond motifs is 1. The lowest BCUT2D eigenvalue weighted by Gasteiger charge is -2.11. The number of para-hydroxylation sites is 1. The number of benzene rings is 2. The van der Waals surface area contributed by atoms with Crippen LogP contribution in [0.1, 0.15) is 10.4 Å². The second-order valence-electron chi connectivity index (χ2n) is 6.21. The Hall–Kier alpha value is -4.20. The summed E-state index contributed by atoms with van der Waals surface area (Å²) in [5.41, 5.74) is 8.35. The Morgan fingerprint density at radius 3 is 2.33 bits per heavy atom. The first-order valence-electron chi connectivity index (χ1n) is 8.88. The highest BCUT2D eigenvalue weighted by Crippen LogP contribution is 2.26. The van der Waals surface area contributed by atoms with E-state index in [9.17, 15) is 14.4 Å². The van der Waals surface area contributed by atoms with Crippen LogP contribution in [-0.2, 0) is 19.1 Å². The number of carbonyl (C=O) groups excluding carboxylic acids is 3. The zero-order chi connectivity index (χ0) is 21.7. The van der Waals surface area contributed by atoms with Gasteiger partial charge >= 0.3 is 11.9 Å². The van der Waals surface area contributed by atoms with Gasteiger partial charge in [0.1, 0.15) is 5.70 Å². The summed E-state index contributed by atoms with van der Waals surface area (Å²) in [6.07, 6.45) is 1.00. The van der Waals surface area contributed by atoms with Crippen LogP contribution in [0.5, 0.6) is 0 Å². The summed E-state index contributed by atoms with van der Waals surface area (Å²) in [7, 11) is 2.42. The topological polar surface area (TPSA) is 121 Å². The first-order chi connectivity index (χ1) is 14.4. The van der Waals surface area contributed by atoms with Crippen LogP contribution in [0.25, 0.3) is 22.2 Å². The zero-order valence-corrected chi connectivity index (χ0v) is 16.3. The summed E-state index contributed by atoms with van der Waals surface area (Å²) in [6, 6.07) is 15.8. The average Bonchev–Trinajstić information content (AvgIpc) is 2.77. The van der Waals surface area contributed by atoms with Crippen molar-refractivity contribution in [1.29, 1.82) is 0 Å². The van der Waals surface area contributed by atoms with Gasteiger partial charge in [0.05, 0.1) is 37.1 Å². The lowest BCUT2D eigenvalue weighted by Crippen LogP contribution is -2.15. The molecule has 0 aliphatic carbocycles. The molecule has 0 aliphatic heterocycles. The molecule has 2 aromatic carbocycles.